The van der Waals surface area contributed by atoms with E-state index in [1.54, 1.807) is 49.9 Å². The number of carbonyl (C=O) groups excluding carboxylic acids is 2. The normalized spacial score (nSPS) is 18.4. The van der Waals surface area contributed by atoms with E-state index in [1.807, 2.05) is 0 Å². The smallest absolute Gasteiger partial charge is 0.410 e. The molecule has 2 heterocycles. The summed E-state index contributed by atoms with van der Waals surface area (Å²) in [6.45, 7) is 5.92. The Hall–Kier alpha value is -4.20. The highest BCUT2D eigenvalue weighted by Gasteiger charge is 2.38. The SMILES string of the molecule is CC(C)(C)OC(=O)N1C[C@H](NC(=O)c2ncc(-c3cccc(C#N)c3)o2)C[C@H]1CN=C/C=N\N. The second kappa shape index (κ2) is 10.6. The van der Waals surface area contributed by atoms with Gasteiger partial charge in [-0.2, -0.15) is 10.4 Å². The molecule has 1 aliphatic heterocycles. The molecular weight excluding hydrogens is 438 g/mol. The van der Waals surface area contributed by atoms with E-state index in [0.717, 1.165) is 0 Å². The molecule has 1 aromatic carbocycles. The molecule has 1 aliphatic rings. The Labute approximate surface area is 197 Å². The van der Waals surface area contributed by atoms with Crippen LogP contribution in [0, 0.1) is 11.3 Å². The van der Waals surface area contributed by atoms with Crippen molar-refractivity contribution in [2.24, 2.45) is 15.9 Å². The molecule has 34 heavy (non-hydrogen) atoms. The highest BCUT2D eigenvalue weighted by molar-refractivity contribution is 6.15. The minimum absolute atomic E-state index is 0.109. The Bertz CT molecular complexity index is 1130. The molecule has 2 amide bonds. The van der Waals surface area contributed by atoms with Crippen molar-refractivity contribution in [2.75, 3.05) is 13.1 Å². The number of amides is 2. The third kappa shape index (κ3) is 6.41. The first-order valence-electron chi connectivity index (χ1n) is 10.7. The lowest BCUT2D eigenvalue weighted by atomic mass is 10.1. The van der Waals surface area contributed by atoms with Gasteiger partial charge in [0.05, 0.1) is 36.6 Å². The van der Waals surface area contributed by atoms with Crippen LogP contribution in [0.4, 0.5) is 4.79 Å². The first-order valence-corrected chi connectivity index (χ1v) is 10.7. The number of aromatic nitrogens is 1. The van der Waals surface area contributed by atoms with Crippen molar-refractivity contribution in [1.29, 1.82) is 5.26 Å². The molecule has 1 fully saturated rings. The van der Waals surface area contributed by atoms with Crippen molar-refractivity contribution >= 4 is 24.4 Å². The maximum atomic E-state index is 12.8. The number of benzene rings is 1. The standard InChI is InChI=1S/C23H27N7O4/c1-23(2,3)34-22(32)30-14-17(10-18(30)12-26-7-8-28-25)29-20(31)21-27-13-19(33-21)16-6-4-5-15(9-16)11-24/h4-9,13,17-18H,10,12,14,25H2,1-3H3,(H,29,31)/b26-7?,28-8-/t17-,18+/m1/s1. The van der Waals surface area contributed by atoms with E-state index in [9.17, 15) is 9.59 Å². The lowest BCUT2D eigenvalue weighted by molar-refractivity contribution is 0.0229. The monoisotopic (exact) mass is 465 g/mol. The average Bonchev–Trinajstić information content (AvgIpc) is 3.43. The lowest BCUT2D eigenvalue weighted by Gasteiger charge is -2.27. The van der Waals surface area contributed by atoms with Gasteiger partial charge in [-0.25, -0.2) is 9.78 Å². The highest BCUT2D eigenvalue weighted by atomic mass is 16.6. The summed E-state index contributed by atoms with van der Waals surface area (Å²) in [5, 5.41) is 15.3. The largest absolute Gasteiger partial charge is 0.444 e. The summed E-state index contributed by atoms with van der Waals surface area (Å²) in [5.41, 5.74) is 0.455. The number of nitriles is 1. The van der Waals surface area contributed by atoms with Crippen molar-refractivity contribution in [1.82, 2.24) is 15.2 Å². The third-order valence-electron chi connectivity index (χ3n) is 4.93. The van der Waals surface area contributed by atoms with Gasteiger partial charge in [0.2, 0.25) is 0 Å². The van der Waals surface area contributed by atoms with E-state index in [0.29, 0.717) is 29.9 Å². The molecule has 11 heteroatoms. The minimum atomic E-state index is -0.657. The number of nitrogens with zero attached hydrogens (tertiary/aromatic N) is 5. The molecule has 0 radical (unpaired) electrons. The van der Waals surface area contributed by atoms with Crippen molar-refractivity contribution in [3.63, 3.8) is 0 Å². The summed E-state index contributed by atoms with van der Waals surface area (Å²) in [6.07, 6.45) is 4.23. The van der Waals surface area contributed by atoms with Gasteiger partial charge in [0.15, 0.2) is 5.76 Å². The third-order valence-corrected chi connectivity index (χ3v) is 4.93. The fourth-order valence-corrected chi connectivity index (χ4v) is 3.51. The number of hydrazone groups is 1. The van der Waals surface area contributed by atoms with Crippen LogP contribution in [0.5, 0.6) is 0 Å². The number of aliphatic imine (C=N–C) groups is 1. The zero-order chi connectivity index (χ0) is 24.7. The Morgan fingerprint density at radius 2 is 2.21 bits per heavy atom. The fourth-order valence-electron chi connectivity index (χ4n) is 3.51. The van der Waals surface area contributed by atoms with Crippen LogP contribution in [-0.4, -0.2) is 65.1 Å². The van der Waals surface area contributed by atoms with Crippen molar-refractivity contribution < 1.29 is 18.7 Å². The summed E-state index contributed by atoms with van der Waals surface area (Å²) < 4.78 is 11.1. The van der Waals surface area contributed by atoms with E-state index in [4.69, 9.17) is 20.3 Å². The second-order valence-corrected chi connectivity index (χ2v) is 8.73. The van der Waals surface area contributed by atoms with Gasteiger partial charge < -0.3 is 25.2 Å². The molecule has 0 aliphatic carbocycles. The molecule has 2 atom stereocenters. The summed E-state index contributed by atoms with van der Waals surface area (Å²) in [4.78, 5) is 35.3. The van der Waals surface area contributed by atoms with Crippen molar-refractivity contribution in [3.05, 3.63) is 41.9 Å². The molecule has 0 unspecified atom stereocenters. The quantitative estimate of drug-likeness (QED) is 0.376. The predicted molar refractivity (Wildman–Crippen MR) is 125 cm³/mol. The fraction of sp³-hybridized carbons (Fsp3) is 0.391. The predicted octanol–water partition coefficient (Wildman–Crippen LogP) is 2.34. The molecule has 0 saturated carbocycles. The zero-order valence-corrected chi connectivity index (χ0v) is 19.3. The van der Waals surface area contributed by atoms with Crippen LogP contribution in [0.3, 0.4) is 0 Å². The summed E-state index contributed by atoms with van der Waals surface area (Å²) in [5.74, 6) is 4.83. The molecule has 11 nitrogen and oxygen atoms in total. The summed E-state index contributed by atoms with van der Waals surface area (Å²) in [6, 6.07) is 8.25. The van der Waals surface area contributed by atoms with Crippen molar-refractivity contribution in [2.45, 2.75) is 44.9 Å². The van der Waals surface area contributed by atoms with E-state index < -0.39 is 17.6 Å². The highest BCUT2D eigenvalue weighted by Crippen LogP contribution is 2.24. The molecule has 3 rings (SSSR count). The van der Waals surface area contributed by atoms with Crippen LogP contribution in [0.1, 0.15) is 43.4 Å². The molecule has 0 bridgehead atoms. The lowest BCUT2D eigenvalue weighted by Crippen LogP contribution is -2.42. The number of oxazole rings is 1. The number of likely N-dealkylation sites (tertiary alicyclic amines) is 1. The van der Waals surface area contributed by atoms with E-state index in [2.05, 4.69) is 26.5 Å². The van der Waals surface area contributed by atoms with Crippen molar-refractivity contribution in [3.8, 4) is 17.4 Å². The Morgan fingerprint density at radius 3 is 2.91 bits per heavy atom. The zero-order valence-electron chi connectivity index (χ0n) is 19.3. The Morgan fingerprint density at radius 1 is 1.41 bits per heavy atom. The van der Waals surface area contributed by atoms with E-state index >= 15 is 0 Å². The number of nitrogens with two attached hydrogens (primary N) is 1. The number of hydrogen-bond acceptors (Lipinski definition) is 9. The molecule has 3 N–H and O–H groups in total. The van der Waals surface area contributed by atoms with Gasteiger partial charge in [-0.15, -0.1) is 0 Å². The average molecular weight is 466 g/mol. The number of carbonyl (C=O) groups is 2. The summed E-state index contributed by atoms with van der Waals surface area (Å²) >= 11 is 0. The van der Waals surface area contributed by atoms with Gasteiger partial charge >= 0.3 is 12.0 Å². The first kappa shape index (κ1) is 24.4. The van der Waals surface area contributed by atoms with Crippen LogP contribution >= 0.6 is 0 Å². The van der Waals surface area contributed by atoms with Crippen LogP contribution in [0.25, 0.3) is 11.3 Å². The maximum Gasteiger partial charge on any atom is 0.410 e. The molecule has 178 valence electrons. The minimum Gasteiger partial charge on any atom is -0.444 e. The van der Waals surface area contributed by atoms with Crippen LogP contribution < -0.4 is 11.2 Å². The van der Waals surface area contributed by atoms with E-state index in [1.165, 1.54) is 18.6 Å². The molecule has 0 spiro atoms. The number of nitrogens with one attached hydrogen (secondary N) is 1. The number of hydrogen-bond donors (Lipinski definition) is 2. The van der Waals surface area contributed by atoms with Crippen LogP contribution in [-0.2, 0) is 4.74 Å². The molecule has 2 aromatic rings. The second-order valence-electron chi connectivity index (χ2n) is 8.73. The maximum absolute atomic E-state index is 12.8. The van der Waals surface area contributed by atoms with Gasteiger partial charge in [0.25, 0.3) is 5.89 Å². The summed E-state index contributed by atoms with van der Waals surface area (Å²) in [7, 11) is 0. The Balaban J connectivity index is 1.69. The molecular formula is C23H27N7O4. The van der Waals surface area contributed by atoms with Gasteiger partial charge in [-0.1, -0.05) is 12.1 Å². The number of ether oxygens (including phenoxy) is 1. The van der Waals surface area contributed by atoms with Gasteiger partial charge in [0.1, 0.15) is 5.60 Å². The molecule has 1 aromatic heterocycles. The van der Waals surface area contributed by atoms with Gasteiger partial charge in [-0.3, -0.25) is 9.79 Å². The van der Waals surface area contributed by atoms with Gasteiger partial charge in [0, 0.05) is 24.4 Å². The van der Waals surface area contributed by atoms with Gasteiger partial charge in [-0.05, 0) is 39.3 Å². The molecule has 1 saturated heterocycles. The number of rotatable bonds is 6. The topological polar surface area (TPSA) is 159 Å². The Kier molecular flexibility index (Phi) is 7.63. The van der Waals surface area contributed by atoms with Crippen LogP contribution in [0.15, 0.2) is 45.0 Å². The van der Waals surface area contributed by atoms with Crippen LogP contribution in [0.2, 0.25) is 0 Å². The first-order chi connectivity index (χ1) is 16.2. The van der Waals surface area contributed by atoms with E-state index in [-0.39, 0.29) is 24.5 Å².